The van der Waals surface area contributed by atoms with E-state index in [9.17, 15) is 15.0 Å². The van der Waals surface area contributed by atoms with Crippen molar-refractivity contribution in [3.63, 3.8) is 0 Å². The van der Waals surface area contributed by atoms with Crippen molar-refractivity contribution in [2.45, 2.75) is 63.5 Å². The Morgan fingerprint density at radius 1 is 1.22 bits per heavy atom. The zero-order chi connectivity index (χ0) is 16.5. The number of benzene rings is 1. The van der Waals surface area contributed by atoms with Crippen LogP contribution < -0.4 is 0 Å². The highest BCUT2D eigenvalue weighted by molar-refractivity contribution is 5.77. The van der Waals surface area contributed by atoms with Crippen LogP contribution in [0.4, 0.5) is 0 Å². The summed E-state index contributed by atoms with van der Waals surface area (Å²) in [4.78, 5) is 14.1. The summed E-state index contributed by atoms with van der Waals surface area (Å²) in [7, 11) is 0. The van der Waals surface area contributed by atoms with E-state index in [2.05, 4.69) is 0 Å². The molecule has 1 N–H and O–H groups in total. The van der Waals surface area contributed by atoms with Crippen LogP contribution in [0.5, 0.6) is 0 Å². The molecule has 0 aliphatic carbocycles. The summed E-state index contributed by atoms with van der Waals surface area (Å²) < 4.78 is 0. The average Bonchev–Trinajstić information content (AvgIpc) is 2.56. The van der Waals surface area contributed by atoms with Crippen LogP contribution in [0, 0.1) is 0 Å². The van der Waals surface area contributed by atoms with Gasteiger partial charge in [-0.15, -0.1) is 0 Å². The zero-order valence-corrected chi connectivity index (χ0v) is 13.8. The highest BCUT2D eigenvalue weighted by Crippen LogP contribution is 2.23. The summed E-state index contributed by atoms with van der Waals surface area (Å²) >= 11 is 0. The first kappa shape index (κ1) is 18.0. The van der Waals surface area contributed by atoms with Crippen LogP contribution in [0.25, 0.3) is 0 Å². The second-order valence-electron chi connectivity index (χ2n) is 6.47. The Hall–Kier alpha value is -1.39. The lowest BCUT2D eigenvalue weighted by molar-refractivity contribution is -0.136. The molecule has 1 aliphatic rings. The predicted octanol–water partition coefficient (Wildman–Crippen LogP) is 2.96. The molecule has 1 saturated heterocycles. The molecule has 0 saturated carbocycles. The van der Waals surface area contributed by atoms with Gasteiger partial charge in [0.05, 0.1) is 12.7 Å². The molecule has 23 heavy (non-hydrogen) atoms. The molecule has 4 heteroatoms. The van der Waals surface area contributed by atoms with E-state index in [1.54, 1.807) is 0 Å². The molecule has 127 valence electrons. The molecule has 0 spiro atoms. The summed E-state index contributed by atoms with van der Waals surface area (Å²) in [6.07, 6.45) is 5.86. The molecule has 2 rings (SSSR count). The summed E-state index contributed by atoms with van der Waals surface area (Å²) in [6.45, 7) is 0.628. The highest BCUT2D eigenvalue weighted by Gasteiger charge is 2.27. The van der Waals surface area contributed by atoms with Gasteiger partial charge in [0.25, 0.3) is 0 Å². The number of aliphatic hydroxyl groups excluding tert-OH is 1. The molecule has 2 atom stereocenters. The molecular formula is C19H28NO3. The van der Waals surface area contributed by atoms with Gasteiger partial charge in [0.2, 0.25) is 5.91 Å². The number of carbonyl (C=O) groups is 1. The Kier molecular flexibility index (Phi) is 7.56. The molecule has 0 bridgehead atoms. The first-order valence-corrected chi connectivity index (χ1v) is 8.80. The topological polar surface area (TPSA) is 60.4 Å². The second-order valence-corrected chi connectivity index (χ2v) is 6.47. The molecule has 1 aromatic rings. The summed E-state index contributed by atoms with van der Waals surface area (Å²) in [5.74, 6) is 0.213. The Balaban J connectivity index is 1.80. The monoisotopic (exact) mass is 318 g/mol. The SMILES string of the molecule is [O]CCCCN1C(=O)CCCC1CC[C@@H](O)Cc1ccccc1. The number of unbranched alkanes of at least 4 members (excludes halogenated alkanes) is 1. The normalized spacial score (nSPS) is 19.8. The Labute approximate surface area is 139 Å². The number of piperidine rings is 1. The largest absolute Gasteiger partial charge is 0.393 e. The number of carbonyl (C=O) groups excluding carboxylic acids is 1. The predicted molar refractivity (Wildman–Crippen MR) is 89.5 cm³/mol. The van der Waals surface area contributed by atoms with Gasteiger partial charge < -0.3 is 10.0 Å². The van der Waals surface area contributed by atoms with Gasteiger partial charge in [0.15, 0.2) is 0 Å². The van der Waals surface area contributed by atoms with E-state index in [-0.39, 0.29) is 24.7 Å². The standard InChI is InChI=1S/C19H28NO3/c21-14-5-4-13-20-17(9-6-10-19(20)23)11-12-18(22)15-16-7-2-1-3-8-16/h1-3,7-8,17-18,22H,4-6,9-15H2/t17?,18-/m1/s1. The van der Waals surface area contributed by atoms with Crippen molar-refractivity contribution in [2.75, 3.05) is 13.2 Å². The number of nitrogens with zero attached hydrogens (tertiary/aromatic N) is 1. The highest BCUT2D eigenvalue weighted by atomic mass is 16.3. The van der Waals surface area contributed by atoms with Crippen molar-refractivity contribution in [2.24, 2.45) is 0 Å². The fourth-order valence-corrected chi connectivity index (χ4v) is 3.36. The van der Waals surface area contributed by atoms with Crippen LogP contribution in [0.3, 0.4) is 0 Å². The van der Waals surface area contributed by atoms with Gasteiger partial charge in [-0.2, -0.15) is 0 Å². The van der Waals surface area contributed by atoms with Crippen molar-refractivity contribution in [3.8, 4) is 0 Å². The Morgan fingerprint density at radius 3 is 2.74 bits per heavy atom. The molecule has 1 radical (unpaired) electrons. The quantitative estimate of drug-likeness (QED) is 0.712. The van der Waals surface area contributed by atoms with Gasteiger partial charge in [-0.25, -0.2) is 5.11 Å². The van der Waals surface area contributed by atoms with Gasteiger partial charge in [0, 0.05) is 19.0 Å². The van der Waals surface area contributed by atoms with E-state index in [4.69, 9.17) is 0 Å². The van der Waals surface area contributed by atoms with E-state index in [0.717, 1.165) is 31.2 Å². The molecule has 4 nitrogen and oxygen atoms in total. The zero-order valence-electron chi connectivity index (χ0n) is 13.8. The maximum Gasteiger partial charge on any atom is 0.222 e. The van der Waals surface area contributed by atoms with Crippen LogP contribution in [0.1, 0.15) is 50.5 Å². The van der Waals surface area contributed by atoms with Crippen molar-refractivity contribution in [3.05, 3.63) is 35.9 Å². The lowest BCUT2D eigenvalue weighted by Gasteiger charge is -2.36. The molecule has 0 aromatic heterocycles. The van der Waals surface area contributed by atoms with Crippen molar-refractivity contribution in [1.29, 1.82) is 0 Å². The smallest absolute Gasteiger partial charge is 0.222 e. The fourth-order valence-electron chi connectivity index (χ4n) is 3.36. The lowest BCUT2D eigenvalue weighted by Crippen LogP contribution is -2.44. The molecule has 1 aliphatic heterocycles. The van der Waals surface area contributed by atoms with Gasteiger partial charge in [-0.3, -0.25) is 4.79 Å². The van der Waals surface area contributed by atoms with E-state index in [1.165, 1.54) is 0 Å². The summed E-state index contributed by atoms with van der Waals surface area (Å²) in [6, 6.07) is 10.2. The number of rotatable bonds is 9. The van der Waals surface area contributed by atoms with Crippen molar-refractivity contribution < 1.29 is 15.0 Å². The Morgan fingerprint density at radius 2 is 2.00 bits per heavy atom. The van der Waals surface area contributed by atoms with Crippen molar-refractivity contribution >= 4 is 5.91 Å². The number of likely N-dealkylation sites (tertiary alicyclic amines) is 1. The molecule has 1 heterocycles. The minimum absolute atomic E-state index is 0.0670. The first-order valence-electron chi connectivity index (χ1n) is 8.80. The van der Waals surface area contributed by atoms with Gasteiger partial charge in [0.1, 0.15) is 0 Å². The maximum atomic E-state index is 12.1. The maximum absolute atomic E-state index is 12.1. The fraction of sp³-hybridized carbons (Fsp3) is 0.632. The summed E-state index contributed by atoms with van der Waals surface area (Å²) in [5.41, 5.74) is 1.15. The Bertz CT molecular complexity index is 463. The van der Waals surface area contributed by atoms with E-state index < -0.39 is 0 Å². The van der Waals surface area contributed by atoms with Crippen LogP contribution in [0.15, 0.2) is 30.3 Å². The third-order valence-corrected chi connectivity index (χ3v) is 4.63. The average molecular weight is 318 g/mol. The molecule has 1 amide bonds. The third kappa shape index (κ3) is 5.96. The molecule has 1 fully saturated rings. The van der Waals surface area contributed by atoms with Crippen LogP contribution in [-0.2, 0) is 16.3 Å². The van der Waals surface area contributed by atoms with E-state index in [1.807, 2.05) is 35.2 Å². The third-order valence-electron chi connectivity index (χ3n) is 4.63. The van der Waals surface area contributed by atoms with E-state index in [0.29, 0.717) is 32.2 Å². The minimum Gasteiger partial charge on any atom is -0.393 e. The van der Waals surface area contributed by atoms with Crippen LogP contribution in [-0.4, -0.2) is 41.2 Å². The molecule has 1 aromatic carbocycles. The van der Waals surface area contributed by atoms with Gasteiger partial charge >= 0.3 is 0 Å². The van der Waals surface area contributed by atoms with Gasteiger partial charge in [-0.1, -0.05) is 30.3 Å². The lowest BCUT2D eigenvalue weighted by atomic mass is 9.94. The van der Waals surface area contributed by atoms with Crippen LogP contribution >= 0.6 is 0 Å². The number of amides is 1. The minimum atomic E-state index is -0.363. The number of hydrogen-bond acceptors (Lipinski definition) is 2. The van der Waals surface area contributed by atoms with Gasteiger partial charge in [-0.05, 0) is 50.5 Å². The molecule has 1 unspecified atom stereocenters. The van der Waals surface area contributed by atoms with Crippen LogP contribution in [0.2, 0.25) is 0 Å². The first-order chi connectivity index (χ1) is 11.2. The number of hydrogen-bond donors (Lipinski definition) is 1. The second kappa shape index (κ2) is 9.68. The molecular weight excluding hydrogens is 290 g/mol. The van der Waals surface area contributed by atoms with Crippen molar-refractivity contribution in [1.82, 2.24) is 4.90 Å². The van der Waals surface area contributed by atoms with E-state index >= 15 is 0 Å². The number of aliphatic hydroxyl groups is 1. The summed E-state index contributed by atoms with van der Waals surface area (Å²) in [5, 5.41) is 20.8.